The summed E-state index contributed by atoms with van der Waals surface area (Å²) in [6, 6.07) is 29.3. The van der Waals surface area contributed by atoms with Crippen LogP contribution in [0.15, 0.2) is 91.0 Å². The van der Waals surface area contributed by atoms with Crippen LogP contribution in [0.2, 0.25) is 0 Å². The molecule has 0 bridgehead atoms. The van der Waals surface area contributed by atoms with E-state index in [2.05, 4.69) is 0 Å². The van der Waals surface area contributed by atoms with Crippen LogP contribution in [-0.4, -0.2) is 20.4 Å². The van der Waals surface area contributed by atoms with Crippen LogP contribution in [0, 0.1) is 0 Å². The highest BCUT2D eigenvalue weighted by atomic mass is 16.3. The summed E-state index contributed by atoms with van der Waals surface area (Å²) in [5.74, 6) is 0.530. The van der Waals surface area contributed by atoms with Crippen molar-refractivity contribution in [3.63, 3.8) is 0 Å². The van der Waals surface area contributed by atoms with E-state index >= 15 is 0 Å². The molecule has 0 fully saturated rings. The number of aryl methyl sites for hydroxylation is 4. The Hall–Kier alpha value is -4.70. The molecule has 0 saturated carbocycles. The predicted molar refractivity (Wildman–Crippen MR) is 175 cm³/mol. The van der Waals surface area contributed by atoms with Crippen LogP contribution in [0.5, 0.6) is 23.0 Å². The zero-order valence-electron chi connectivity index (χ0n) is 25.4. The molecule has 0 unspecified atom stereocenters. The third kappa shape index (κ3) is 5.83. The van der Waals surface area contributed by atoms with Crippen LogP contribution in [0.4, 0.5) is 0 Å². The number of benzene rings is 5. The fourth-order valence-corrected chi connectivity index (χ4v) is 6.02. The molecule has 0 atom stereocenters. The van der Waals surface area contributed by atoms with E-state index in [9.17, 15) is 20.4 Å². The van der Waals surface area contributed by atoms with Crippen LogP contribution in [0.25, 0.3) is 22.3 Å². The highest BCUT2D eigenvalue weighted by Gasteiger charge is 2.27. The zero-order chi connectivity index (χ0) is 30.7. The van der Waals surface area contributed by atoms with E-state index in [1.165, 1.54) is 0 Å². The Kier molecular flexibility index (Phi) is 8.77. The SMILES string of the molecule is CCc1cc(-c2cc(CC)c(O)c(C(c3ccccc3)c3cc(-c4ccc(O)c(CC)c4)cc(CC)c3O)c2)ccc1O. The minimum atomic E-state index is -0.456. The number of hydrogen-bond acceptors (Lipinski definition) is 4. The molecule has 0 aliphatic rings. The van der Waals surface area contributed by atoms with Crippen LogP contribution in [0.3, 0.4) is 0 Å². The van der Waals surface area contributed by atoms with Crippen LogP contribution in [-0.2, 0) is 25.7 Å². The summed E-state index contributed by atoms with van der Waals surface area (Å²) in [4.78, 5) is 0. The van der Waals surface area contributed by atoms with Gasteiger partial charge in [0.25, 0.3) is 0 Å². The fourth-order valence-electron chi connectivity index (χ4n) is 6.02. The third-order valence-corrected chi connectivity index (χ3v) is 8.54. The van der Waals surface area contributed by atoms with Gasteiger partial charge in [0.15, 0.2) is 0 Å². The summed E-state index contributed by atoms with van der Waals surface area (Å²) in [7, 11) is 0. The minimum absolute atomic E-state index is 0.218. The van der Waals surface area contributed by atoms with Gasteiger partial charge in [0.2, 0.25) is 0 Å². The van der Waals surface area contributed by atoms with Crippen molar-refractivity contribution in [2.75, 3.05) is 0 Å². The number of phenolic OH excluding ortho intramolecular Hbond substituents is 4. The van der Waals surface area contributed by atoms with Gasteiger partial charge in [-0.15, -0.1) is 0 Å². The molecule has 4 heteroatoms. The van der Waals surface area contributed by atoms with Crippen molar-refractivity contribution in [2.24, 2.45) is 0 Å². The maximum absolute atomic E-state index is 11.8. The zero-order valence-corrected chi connectivity index (χ0v) is 25.4. The van der Waals surface area contributed by atoms with Gasteiger partial charge < -0.3 is 20.4 Å². The van der Waals surface area contributed by atoms with Crippen molar-refractivity contribution in [3.8, 4) is 45.3 Å². The van der Waals surface area contributed by atoms with Gasteiger partial charge in [-0.1, -0.05) is 70.2 Å². The summed E-state index contributed by atoms with van der Waals surface area (Å²) in [6.07, 6.45) is 2.67. The molecule has 0 aliphatic heterocycles. The van der Waals surface area contributed by atoms with Gasteiger partial charge in [0.1, 0.15) is 23.0 Å². The van der Waals surface area contributed by atoms with Crippen molar-refractivity contribution in [3.05, 3.63) is 130 Å². The highest BCUT2D eigenvalue weighted by molar-refractivity contribution is 5.74. The predicted octanol–water partition coefficient (Wildman–Crippen LogP) is 9.27. The largest absolute Gasteiger partial charge is 0.508 e. The lowest BCUT2D eigenvalue weighted by Crippen LogP contribution is -2.07. The molecule has 0 aliphatic carbocycles. The molecule has 5 aromatic carbocycles. The second-order valence-electron chi connectivity index (χ2n) is 11.1. The maximum atomic E-state index is 11.8. The van der Waals surface area contributed by atoms with Gasteiger partial charge in [-0.05, 0) is 124 Å². The maximum Gasteiger partial charge on any atom is 0.122 e. The van der Waals surface area contributed by atoms with Crippen molar-refractivity contribution >= 4 is 0 Å². The first-order valence-electron chi connectivity index (χ1n) is 15.2. The standard InChI is InChI=1S/C39H40O4/c1-5-24-18-29(14-16-35(24)40)31-20-26(7-3)38(42)33(22-31)37(28-12-10-9-11-13-28)34-23-32(21-27(8-4)39(34)43)30-15-17-36(41)25(6-2)19-30/h9-23,37,40-43H,5-8H2,1-4H3. The van der Waals surface area contributed by atoms with Crippen LogP contribution < -0.4 is 0 Å². The van der Waals surface area contributed by atoms with Crippen LogP contribution in [0.1, 0.15) is 72.6 Å². The van der Waals surface area contributed by atoms with Crippen molar-refractivity contribution < 1.29 is 20.4 Å². The van der Waals surface area contributed by atoms with Crippen molar-refractivity contribution in [1.29, 1.82) is 0 Å². The molecule has 43 heavy (non-hydrogen) atoms. The number of aromatic hydroxyl groups is 4. The Morgan fingerprint density at radius 2 is 0.837 bits per heavy atom. The minimum Gasteiger partial charge on any atom is -0.508 e. The van der Waals surface area contributed by atoms with E-state index in [0.717, 1.165) is 50.1 Å². The molecule has 4 nitrogen and oxygen atoms in total. The first-order chi connectivity index (χ1) is 20.8. The van der Waals surface area contributed by atoms with Gasteiger partial charge in [-0.2, -0.15) is 0 Å². The summed E-state index contributed by atoms with van der Waals surface area (Å²) >= 11 is 0. The Morgan fingerprint density at radius 3 is 1.23 bits per heavy atom. The average molecular weight is 573 g/mol. The third-order valence-electron chi connectivity index (χ3n) is 8.54. The summed E-state index contributed by atoms with van der Waals surface area (Å²) in [5, 5.41) is 44.2. The summed E-state index contributed by atoms with van der Waals surface area (Å²) < 4.78 is 0. The van der Waals surface area contributed by atoms with Gasteiger partial charge >= 0.3 is 0 Å². The lowest BCUT2D eigenvalue weighted by atomic mass is 9.80. The van der Waals surface area contributed by atoms with Crippen LogP contribution >= 0.6 is 0 Å². The highest BCUT2D eigenvalue weighted by Crippen LogP contribution is 2.46. The molecule has 0 amide bonds. The average Bonchev–Trinajstić information content (AvgIpc) is 3.03. The normalized spacial score (nSPS) is 11.3. The fraction of sp³-hybridized carbons (Fsp3) is 0.231. The molecular formula is C39H40O4. The first kappa shape index (κ1) is 29.8. The molecule has 0 aromatic heterocycles. The topological polar surface area (TPSA) is 80.9 Å². The van der Waals surface area contributed by atoms with E-state index in [-0.39, 0.29) is 23.0 Å². The second kappa shape index (κ2) is 12.7. The van der Waals surface area contributed by atoms with Gasteiger partial charge in [0, 0.05) is 17.0 Å². The van der Waals surface area contributed by atoms with E-state index in [1.807, 2.05) is 107 Å². The molecule has 0 saturated heterocycles. The Bertz CT molecular complexity index is 1640. The van der Waals surface area contributed by atoms with Crippen molar-refractivity contribution in [2.45, 2.75) is 59.3 Å². The van der Waals surface area contributed by atoms with Crippen molar-refractivity contribution in [1.82, 2.24) is 0 Å². The Balaban J connectivity index is 1.80. The smallest absolute Gasteiger partial charge is 0.122 e. The molecule has 5 rings (SSSR count). The molecular weight excluding hydrogens is 532 g/mol. The number of rotatable bonds is 9. The molecule has 0 spiro atoms. The number of phenols is 4. The Morgan fingerprint density at radius 1 is 0.442 bits per heavy atom. The second-order valence-corrected chi connectivity index (χ2v) is 11.1. The van der Waals surface area contributed by atoms with E-state index < -0.39 is 5.92 Å². The lowest BCUT2D eigenvalue weighted by molar-refractivity contribution is 0.452. The summed E-state index contributed by atoms with van der Waals surface area (Å²) in [6.45, 7) is 8.08. The molecule has 220 valence electrons. The van der Waals surface area contributed by atoms with Gasteiger partial charge in [-0.25, -0.2) is 0 Å². The van der Waals surface area contributed by atoms with Gasteiger partial charge in [-0.3, -0.25) is 0 Å². The molecule has 5 aromatic rings. The molecule has 0 heterocycles. The monoisotopic (exact) mass is 572 g/mol. The molecule has 0 radical (unpaired) electrons. The van der Waals surface area contributed by atoms with E-state index in [0.29, 0.717) is 36.8 Å². The Labute approximate surface area is 254 Å². The number of hydrogen-bond donors (Lipinski definition) is 4. The molecule has 4 N–H and O–H groups in total. The first-order valence-corrected chi connectivity index (χ1v) is 15.2. The lowest BCUT2D eigenvalue weighted by Gasteiger charge is -2.25. The van der Waals surface area contributed by atoms with Gasteiger partial charge in [0.05, 0.1) is 0 Å². The van der Waals surface area contributed by atoms with E-state index in [4.69, 9.17) is 0 Å². The quantitative estimate of drug-likeness (QED) is 0.133. The summed E-state index contributed by atoms with van der Waals surface area (Å²) in [5.41, 5.74) is 9.53. The van der Waals surface area contributed by atoms with E-state index in [1.54, 1.807) is 12.1 Å².